The van der Waals surface area contributed by atoms with Gasteiger partial charge in [-0.1, -0.05) is 6.07 Å². The van der Waals surface area contributed by atoms with E-state index in [0.29, 0.717) is 23.1 Å². The van der Waals surface area contributed by atoms with Crippen molar-refractivity contribution in [2.45, 2.75) is 0 Å². The number of imide groups is 1. The fourth-order valence-electron chi connectivity index (χ4n) is 2.90. The molecular weight excluding hydrogens is 418 g/mol. The maximum Gasteiger partial charge on any atom is 0.293 e. The van der Waals surface area contributed by atoms with Crippen molar-refractivity contribution in [3.05, 3.63) is 64.1 Å². The van der Waals surface area contributed by atoms with E-state index in [0.717, 1.165) is 28.8 Å². The average Bonchev–Trinajstić information content (AvgIpc) is 3.27. The molecule has 3 amide bonds. The number of ether oxygens (including phenoxy) is 2. The monoisotopic (exact) mass is 432 g/mol. The lowest BCUT2D eigenvalue weighted by atomic mass is 10.2. The van der Waals surface area contributed by atoms with Crippen LogP contribution in [0.25, 0.3) is 6.08 Å². The SMILES string of the molecule is O=C(NCCN1C(=O)S/C(=C\c2ccc3c(c2)OCO3)C1=O)c1ccc(F)cc1F. The summed E-state index contributed by atoms with van der Waals surface area (Å²) in [7, 11) is 0. The van der Waals surface area contributed by atoms with Gasteiger partial charge in [-0.25, -0.2) is 8.78 Å². The molecule has 0 saturated carbocycles. The number of hydrogen-bond acceptors (Lipinski definition) is 6. The Kier molecular flexibility index (Phi) is 5.40. The van der Waals surface area contributed by atoms with Gasteiger partial charge < -0.3 is 14.8 Å². The smallest absolute Gasteiger partial charge is 0.293 e. The second-order valence-electron chi connectivity index (χ2n) is 6.33. The van der Waals surface area contributed by atoms with Gasteiger partial charge in [0, 0.05) is 19.2 Å². The number of carbonyl (C=O) groups excluding carboxylic acids is 3. The van der Waals surface area contributed by atoms with E-state index in [1.807, 2.05) is 0 Å². The number of rotatable bonds is 5. The second-order valence-corrected chi connectivity index (χ2v) is 7.32. The lowest BCUT2D eigenvalue weighted by Gasteiger charge is -2.13. The summed E-state index contributed by atoms with van der Waals surface area (Å²) in [6.07, 6.45) is 1.57. The standard InChI is InChI=1S/C20H14F2N2O5S/c21-12-2-3-13(14(22)9-12)18(25)23-5-6-24-19(26)17(30-20(24)27)8-11-1-4-15-16(7-11)29-10-28-15/h1-4,7-9H,5-6,10H2,(H,23,25)/b17-8-. The van der Waals surface area contributed by atoms with E-state index < -0.39 is 28.7 Å². The maximum absolute atomic E-state index is 13.6. The predicted octanol–water partition coefficient (Wildman–Crippen LogP) is 3.16. The highest BCUT2D eigenvalue weighted by molar-refractivity contribution is 8.18. The Morgan fingerprint density at radius 3 is 2.73 bits per heavy atom. The van der Waals surface area contributed by atoms with Gasteiger partial charge in [0.05, 0.1) is 10.5 Å². The maximum atomic E-state index is 13.6. The second kappa shape index (κ2) is 8.15. The first kappa shape index (κ1) is 19.9. The molecule has 0 aliphatic carbocycles. The number of nitrogens with zero attached hydrogens (tertiary/aromatic N) is 1. The molecule has 0 aromatic heterocycles. The summed E-state index contributed by atoms with van der Waals surface area (Å²) in [6.45, 7) is -0.0362. The van der Waals surface area contributed by atoms with Gasteiger partial charge in [-0.2, -0.15) is 0 Å². The molecule has 0 atom stereocenters. The first-order valence-corrected chi connectivity index (χ1v) is 9.62. The lowest BCUT2D eigenvalue weighted by Crippen LogP contribution is -2.37. The van der Waals surface area contributed by atoms with Crippen LogP contribution >= 0.6 is 11.8 Å². The van der Waals surface area contributed by atoms with Crippen LogP contribution in [-0.2, 0) is 4.79 Å². The highest BCUT2D eigenvalue weighted by Gasteiger charge is 2.34. The zero-order chi connectivity index (χ0) is 21.3. The minimum absolute atomic E-state index is 0.0784. The van der Waals surface area contributed by atoms with Gasteiger partial charge >= 0.3 is 0 Å². The fraction of sp³-hybridized carbons (Fsp3) is 0.150. The molecule has 1 saturated heterocycles. The summed E-state index contributed by atoms with van der Waals surface area (Å²) in [4.78, 5) is 37.9. The minimum atomic E-state index is -0.995. The van der Waals surface area contributed by atoms with E-state index in [1.54, 1.807) is 24.3 Å². The zero-order valence-corrected chi connectivity index (χ0v) is 16.1. The lowest BCUT2D eigenvalue weighted by molar-refractivity contribution is -0.122. The number of halogens is 2. The van der Waals surface area contributed by atoms with Crippen LogP contribution in [0.3, 0.4) is 0 Å². The molecule has 2 aliphatic rings. The van der Waals surface area contributed by atoms with Gasteiger partial charge in [0.2, 0.25) is 6.79 Å². The van der Waals surface area contributed by atoms with Crippen LogP contribution < -0.4 is 14.8 Å². The number of carbonyl (C=O) groups is 3. The molecule has 10 heteroatoms. The van der Waals surface area contributed by atoms with Crippen molar-refractivity contribution in [2.24, 2.45) is 0 Å². The molecule has 0 unspecified atom stereocenters. The van der Waals surface area contributed by atoms with Crippen LogP contribution in [0, 0.1) is 11.6 Å². The normalized spacial score (nSPS) is 16.5. The summed E-state index contributed by atoms with van der Waals surface area (Å²) >= 11 is 0.781. The molecule has 2 heterocycles. The Balaban J connectivity index is 1.38. The number of benzene rings is 2. The van der Waals surface area contributed by atoms with E-state index in [2.05, 4.69) is 5.32 Å². The molecule has 0 radical (unpaired) electrons. The number of nitrogens with one attached hydrogen (secondary N) is 1. The zero-order valence-electron chi connectivity index (χ0n) is 15.3. The van der Waals surface area contributed by atoms with Crippen LogP contribution in [0.2, 0.25) is 0 Å². The Morgan fingerprint density at radius 2 is 1.93 bits per heavy atom. The Bertz CT molecular complexity index is 1090. The summed E-state index contributed by atoms with van der Waals surface area (Å²) in [5.41, 5.74) is 0.345. The number of hydrogen-bond donors (Lipinski definition) is 1. The topological polar surface area (TPSA) is 84.9 Å². The highest BCUT2D eigenvalue weighted by atomic mass is 32.2. The quantitative estimate of drug-likeness (QED) is 0.731. The van der Waals surface area contributed by atoms with Crippen molar-refractivity contribution >= 4 is 34.9 Å². The highest BCUT2D eigenvalue weighted by Crippen LogP contribution is 2.36. The molecule has 0 spiro atoms. The number of thioether (sulfide) groups is 1. The average molecular weight is 432 g/mol. The third-order valence-electron chi connectivity index (χ3n) is 4.36. The van der Waals surface area contributed by atoms with Gasteiger partial charge in [-0.3, -0.25) is 19.3 Å². The van der Waals surface area contributed by atoms with Crippen molar-refractivity contribution in [1.29, 1.82) is 0 Å². The molecule has 2 aromatic carbocycles. The van der Waals surface area contributed by atoms with Crippen LogP contribution in [0.4, 0.5) is 13.6 Å². The Hall–Kier alpha value is -3.40. The fourth-order valence-corrected chi connectivity index (χ4v) is 3.76. The molecular formula is C20H14F2N2O5S. The first-order chi connectivity index (χ1) is 14.4. The molecule has 154 valence electrons. The molecule has 2 aromatic rings. The molecule has 2 aliphatic heterocycles. The predicted molar refractivity (Wildman–Crippen MR) is 104 cm³/mol. The molecule has 7 nitrogen and oxygen atoms in total. The van der Waals surface area contributed by atoms with Gasteiger partial charge in [-0.15, -0.1) is 0 Å². The molecule has 1 fully saturated rings. The van der Waals surface area contributed by atoms with Gasteiger partial charge in [0.1, 0.15) is 11.6 Å². The van der Waals surface area contributed by atoms with Crippen molar-refractivity contribution in [1.82, 2.24) is 10.2 Å². The third kappa shape index (κ3) is 3.99. The van der Waals surface area contributed by atoms with Crippen LogP contribution in [0.15, 0.2) is 41.3 Å². The van der Waals surface area contributed by atoms with E-state index >= 15 is 0 Å². The summed E-state index contributed by atoms with van der Waals surface area (Å²) in [5, 5.41) is 1.94. The van der Waals surface area contributed by atoms with E-state index in [4.69, 9.17) is 9.47 Å². The Labute approximate surface area is 173 Å². The molecule has 30 heavy (non-hydrogen) atoms. The van der Waals surface area contributed by atoms with Crippen LogP contribution in [-0.4, -0.2) is 41.8 Å². The van der Waals surface area contributed by atoms with E-state index in [9.17, 15) is 23.2 Å². The molecule has 4 rings (SSSR count). The minimum Gasteiger partial charge on any atom is -0.454 e. The summed E-state index contributed by atoms with van der Waals surface area (Å²) < 4.78 is 37.1. The third-order valence-corrected chi connectivity index (χ3v) is 5.27. The first-order valence-electron chi connectivity index (χ1n) is 8.80. The number of fused-ring (bicyclic) bond motifs is 1. The van der Waals surface area contributed by atoms with Gasteiger partial charge in [0.25, 0.3) is 17.1 Å². The van der Waals surface area contributed by atoms with E-state index in [1.165, 1.54) is 0 Å². The van der Waals surface area contributed by atoms with E-state index in [-0.39, 0.29) is 30.4 Å². The summed E-state index contributed by atoms with van der Waals surface area (Å²) in [6, 6.07) is 7.74. The summed E-state index contributed by atoms with van der Waals surface area (Å²) in [5.74, 6) is -1.89. The molecule has 1 N–H and O–H groups in total. The number of amides is 3. The van der Waals surface area contributed by atoms with Gasteiger partial charge in [-0.05, 0) is 47.7 Å². The van der Waals surface area contributed by atoms with Crippen molar-refractivity contribution in [3.63, 3.8) is 0 Å². The largest absolute Gasteiger partial charge is 0.454 e. The Morgan fingerprint density at radius 1 is 1.13 bits per heavy atom. The van der Waals surface area contributed by atoms with Crippen LogP contribution in [0.5, 0.6) is 11.5 Å². The van der Waals surface area contributed by atoms with Crippen LogP contribution in [0.1, 0.15) is 15.9 Å². The van der Waals surface area contributed by atoms with Gasteiger partial charge in [0.15, 0.2) is 11.5 Å². The van der Waals surface area contributed by atoms with Crippen molar-refractivity contribution in [3.8, 4) is 11.5 Å². The molecule has 0 bridgehead atoms. The van der Waals surface area contributed by atoms with Crippen molar-refractivity contribution < 1.29 is 32.6 Å². The van der Waals surface area contributed by atoms with Crippen molar-refractivity contribution in [2.75, 3.05) is 19.9 Å².